The predicted octanol–water partition coefficient (Wildman–Crippen LogP) is 2.57. The highest BCUT2D eigenvalue weighted by Gasteiger charge is 2.32. The summed E-state index contributed by atoms with van der Waals surface area (Å²) >= 11 is 3.02. The van der Waals surface area contributed by atoms with Crippen molar-refractivity contribution >= 4 is 21.8 Å². The predicted molar refractivity (Wildman–Crippen MR) is 51.3 cm³/mol. The molecule has 0 atom stereocenters. The van der Waals surface area contributed by atoms with Crippen LogP contribution in [-0.4, -0.2) is 35.4 Å². The third-order valence-electron chi connectivity index (χ3n) is 1.54. The average molecular weight is 276 g/mol. The van der Waals surface area contributed by atoms with Crippen molar-refractivity contribution in [2.75, 3.05) is 18.4 Å². The number of hydrogen-bond donors (Lipinski definition) is 0. The molecule has 0 aliphatic carbocycles. The lowest BCUT2D eigenvalue weighted by atomic mass is 10.3. The van der Waals surface area contributed by atoms with Gasteiger partial charge >= 0.3 is 6.18 Å². The van der Waals surface area contributed by atoms with E-state index in [4.69, 9.17) is 0 Å². The van der Waals surface area contributed by atoms with Crippen LogP contribution in [0.2, 0.25) is 0 Å². The summed E-state index contributed by atoms with van der Waals surface area (Å²) in [6.45, 7) is 0.702. The van der Waals surface area contributed by atoms with Crippen molar-refractivity contribution in [1.82, 2.24) is 4.90 Å². The minimum absolute atomic E-state index is 0.0956. The number of rotatable bonds is 5. The van der Waals surface area contributed by atoms with Gasteiger partial charge in [-0.2, -0.15) is 13.2 Å². The Balaban J connectivity index is 4.21. The van der Waals surface area contributed by atoms with E-state index >= 15 is 0 Å². The first-order valence-electron chi connectivity index (χ1n) is 4.31. The molecule has 0 saturated heterocycles. The second-order valence-electron chi connectivity index (χ2n) is 2.87. The SMILES string of the molecule is CCCC(=O)N(CCBr)CC(F)(F)F. The Morgan fingerprint density at radius 3 is 2.36 bits per heavy atom. The highest BCUT2D eigenvalue weighted by atomic mass is 79.9. The van der Waals surface area contributed by atoms with Crippen LogP contribution in [0.5, 0.6) is 0 Å². The number of nitrogens with zero attached hydrogens (tertiary/aromatic N) is 1. The summed E-state index contributed by atoms with van der Waals surface area (Å²) in [4.78, 5) is 12.0. The summed E-state index contributed by atoms with van der Waals surface area (Å²) in [6, 6.07) is 0. The lowest BCUT2D eigenvalue weighted by Crippen LogP contribution is -2.39. The maximum absolute atomic E-state index is 12.0. The summed E-state index contributed by atoms with van der Waals surface area (Å²) in [5.74, 6) is -0.440. The van der Waals surface area contributed by atoms with Gasteiger partial charge in [0.05, 0.1) is 0 Å². The molecule has 0 radical (unpaired) electrons. The molecule has 0 bridgehead atoms. The number of alkyl halides is 4. The van der Waals surface area contributed by atoms with Gasteiger partial charge in [0.2, 0.25) is 5.91 Å². The van der Waals surface area contributed by atoms with Crippen molar-refractivity contribution in [3.8, 4) is 0 Å². The molecule has 0 aliphatic rings. The minimum Gasteiger partial charge on any atom is -0.333 e. The van der Waals surface area contributed by atoms with E-state index in [0.717, 1.165) is 4.90 Å². The zero-order valence-corrected chi connectivity index (χ0v) is 9.49. The lowest BCUT2D eigenvalue weighted by molar-refractivity contribution is -0.160. The third-order valence-corrected chi connectivity index (χ3v) is 1.90. The molecule has 84 valence electrons. The van der Waals surface area contributed by atoms with Crippen molar-refractivity contribution in [1.29, 1.82) is 0 Å². The average Bonchev–Trinajstić information content (AvgIpc) is 2.01. The largest absolute Gasteiger partial charge is 0.406 e. The lowest BCUT2D eigenvalue weighted by Gasteiger charge is -2.22. The van der Waals surface area contributed by atoms with Crippen LogP contribution in [0.4, 0.5) is 13.2 Å². The van der Waals surface area contributed by atoms with Gasteiger partial charge in [0, 0.05) is 18.3 Å². The first kappa shape index (κ1) is 13.7. The van der Waals surface area contributed by atoms with Gasteiger partial charge in [0.1, 0.15) is 6.54 Å². The Morgan fingerprint density at radius 2 is 2.00 bits per heavy atom. The van der Waals surface area contributed by atoms with Gasteiger partial charge in [-0.05, 0) is 6.42 Å². The van der Waals surface area contributed by atoms with Gasteiger partial charge in [-0.25, -0.2) is 0 Å². The fourth-order valence-corrected chi connectivity index (χ4v) is 1.41. The van der Waals surface area contributed by atoms with Crippen LogP contribution in [0.15, 0.2) is 0 Å². The summed E-state index contributed by atoms with van der Waals surface area (Å²) in [7, 11) is 0. The standard InChI is InChI=1S/C8H13BrF3NO/c1-2-3-7(14)13(5-4-9)6-8(10,11)12/h2-6H2,1H3. The molecule has 0 fully saturated rings. The maximum Gasteiger partial charge on any atom is 0.406 e. The Kier molecular flexibility index (Phi) is 6.15. The number of carbonyl (C=O) groups excluding carboxylic acids is 1. The number of halogens is 4. The Bertz CT molecular complexity index is 184. The number of amides is 1. The summed E-state index contributed by atoms with van der Waals surface area (Å²) in [6.07, 6.45) is -3.58. The first-order valence-corrected chi connectivity index (χ1v) is 5.43. The van der Waals surface area contributed by atoms with E-state index in [1.54, 1.807) is 6.92 Å². The highest BCUT2D eigenvalue weighted by molar-refractivity contribution is 9.09. The summed E-state index contributed by atoms with van der Waals surface area (Å²) in [5, 5.41) is 0.360. The Labute approximate surface area is 89.6 Å². The van der Waals surface area contributed by atoms with E-state index in [1.807, 2.05) is 0 Å². The zero-order valence-electron chi connectivity index (χ0n) is 7.90. The van der Waals surface area contributed by atoms with Crippen LogP contribution >= 0.6 is 15.9 Å². The van der Waals surface area contributed by atoms with Crippen molar-refractivity contribution in [3.05, 3.63) is 0 Å². The van der Waals surface area contributed by atoms with Crippen molar-refractivity contribution < 1.29 is 18.0 Å². The topological polar surface area (TPSA) is 20.3 Å². The van der Waals surface area contributed by atoms with Crippen molar-refractivity contribution in [2.45, 2.75) is 25.9 Å². The van der Waals surface area contributed by atoms with Crippen LogP contribution in [0.25, 0.3) is 0 Å². The van der Waals surface area contributed by atoms with Gasteiger partial charge in [-0.3, -0.25) is 4.79 Å². The van der Waals surface area contributed by atoms with Gasteiger partial charge in [0.15, 0.2) is 0 Å². The molecule has 0 heterocycles. The summed E-state index contributed by atoms with van der Waals surface area (Å²) in [5.41, 5.74) is 0. The monoisotopic (exact) mass is 275 g/mol. The molecule has 0 saturated carbocycles. The number of carbonyl (C=O) groups is 1. The molecule has 6 heteroatoms. The molecule has 0 N–H and O–H groups in total. The van der Waals surface area contributed by atoms with Crippen LogP contribution in [0, 0.1) is 0 Å². The van der Waals surface area contributed by atoms with E-state index in [0.29, 0.717) is 11.8 Å². The van der Waals surface area contributed by atoms with Gasteiger partial charge in [-0.1, -0.05) is 22.9 Å². The van der Waals surface area contributed by atoms with Crippen molar-refractivity contribution in [3.63, 3.8) is 0 Å². The molecule has 0 aromatic heterocycles. The first-order chi connectivity index (χ1) is 6.40. The minimum atomic E-state index is -4.31. The maximum atomic E-state index is 12.0. The molecule has 0 aromatic rings. The molecule has 0 spiro atoms. The zero-order chi connectivity index (χ0) is 11.2. The molecule has 14 heavy (non-hydrogen) atoms. The smallest absolute Gasteiger partial charge is 0.333 e. The molecule has 0 aliphatic heterocycles. The second-order valence-corrected chi connectivity index (χ2v) is 3.66. The molecule has 0 aromatic carbocycles. The number of hydrogen-bond acceptors (Lipinski definition) is 1. The molecule has 1 amide bonds. The third kappa shape index (κ3) is 6.23. The second kappa shape index (κ2) is 6.27. The Morgan fingerprint density at radius 1 is 1.43 bits per heavy atom. The Hall–Kier alpha value is -0.260. The quantitative estimate of drug-likeness (QED) is 0.707. The molecule has 0 unspecified atom stereocenters. The molecule has 0 rings (SSSR count). The van der Waals surface area contributed by atoms with Gasteiger partial charge in [0.25, 0.3) is 0 Å². The molecule has 2 nitrogen and oxygen atoms in total. The molecular formula is C8H13BrF3NO. The highest BCUT2D eigenvalue weighted by Crippen LogP contribution is 2.17. The van der Waals surface area contributed by atoms with E-state index in [2.05, 4.69) is 15.9 Å². The van der Waals surface area contributed by atoms with Gasteiger partial charge in [-0.15, -0.1) is 0 Å². The fourth-order valence-electron chi connectivity index (χ4n) is 0.982. The summed E-state index contributed by atoms with van der Waals surface area (Å²) < 4.78 is 36.1. The van der Waals surface area contributed by atoms with E-state index in [9.17, 15) is 18.0 Å². The van der Waals surface area contributed by atoms with E-state index in [-0.39, 0.29) is 13.0 Å². The van der Waals surface area contributed by atoms with Crippen molar-refractivity contribution in [2.24, 2.45) is 0 Å². The van der Waals surface area contributed by atoms with Crippen LogP contribution in [-0.2, 0) is 4.79 Å². The van der Waals surface area contributed by atoms with Crippen LogP contribution in [0.3, 0.4) is 0 Å². The van der Waals surface area contributed by atoms with Crippen LogP contribution < -0.4 is 0 Å². The normalized spacial score (nSPS) is 11.5. The van der Waals surface area contributed by atoms with E-state index in [1.165, 1.54) is 0 Å². The van der Waals surface area contributed by atoms with Gasteiger partial charge < -0.3 is 4.90 Å². The van der Waals surface area contributed by atoms with E-state index < -0.39 is 18.6 Å². The van der Waals surface area contributed by atoms with Crippen LogP contribution in [0.1, 0.15) is 19.8 Å². The fraction of sp³-hybridized carbons (Fsp3) is 0.875. The molecular weight excluding hydrogens is 263 g/mol.